The van der Waals surface area contributed by atoms with E-state index in [0.29, 0.717) is 25.9 Å². The number of hydrogen-bond donors (Lipinski definition) is 1. The van der Waals surface area contributed by atoms with Crippen LogP contribution in [0.2, 0.25) is 0 Å². The molecule has 0 bridgehead atoms. The standard InChI is InChI=1S/C29H30N4O2/c1-2-33-28(35)32(20-22-10-7-9-21-8-3-4-11-24(21)22)27(34)29(33)14-16-31(17-15-29)19-23-18-30-26-13-6-5-12-25(23)26/h3-13,18,30H,2,14-17,19-20H2,1H3. The Balaban J connectivity index is 1.22. The van der Waals surface area contributed by atoms with Crippen molar-refractivity contribution in [2.45, 2.75) is 38.4 Å². The number of aromatic nitrogens is 1. The molecule has 2 saturated heterocycles. The van der Waals surface area contributed by atoms with Crippen molar-refractivity contribution in [3.8, 4) is 0 Å². The van der Waals surface area contributed by atoms with Gasteiger partial charge in [-0.3, -0.25) is 14.6 Å². The van der Waals surface area contributed by atoms with Gasteiger partial charge in [-0.2, -0.15) is 0 Å². The van der Waals surface area contributed by atoms with Crippen molar-refractivity contribution in [1.82, 2.24) is 19.7 Å². The molecular weight excluding hydrogens is 436 g/mol. The number of carbonyl (C=O) groups is 2. The van der Waals surface area contributed by atoms with Gasteiger partial charge in [0.1, 0.15) is 5.54 Å². The number of imide groups is 1. The molecule has 1 N–H and O–H groups in total. The fourth-order valence-electron chi connectivity index (χ4n) is 6.03. The molecule has 0 saturated carbocycles. The first-order valence-electron chi connectivity index (χ1n) is 12.5. The number of urea groups is 1. The van der Waals surface area contributed by atoms with E-state index in [0.717, 1.165) is 41.5 Å². The molecule has 0 unspecified atom stereocenters. The van der Waals surface area contributed by atoms with E-state index >= 15 is 0 Å². The van der Waals surface area contributed by atoms with E-state index in [-0.39, 0.29) is 11.9 Å². The summed E-state index contributed by atoms with van der Waals surface area (Å²) in [6, 6.07) is 22.4. The number of nitrogens with zero attached hydrogens (tertiary/aromatic N) is 3. The van der Waals surface area contributed by atoms with E-state index < -0.39 is 5.54 Å². The summed E-state index contributed by atoms with van der Waals surface area (Å²) in [4.78, 5) is 36.4. The normalized spacial score (nSPS) is 18.4. The first-order valence-corrected chi connectivity index (χ1v) is 12.5. The summed E-state index contributed by atoms with van der Waals surface area (Å²) >= 11 is 0. The number of carbonyl (C=O) groups excluding carboxylic acids is 2. The van der Waals surface area contributed by atoms with Gasteiger partial charge in [-0.15, -0.1) is 0 Å². The Bertz CT molecular complexity index is 1410. The zero-order valence-corrected chi connectivity index (χ0v) is 20.0. The maximum atomic E-state index is 13.8. The number of likely N-dealkylation sites (tertiary alicyclic amines) is 1. The van der Waals surface area contributed by atoms with Gasteiger partial charge < -0.3 is 9.88 Å². The monoisotopic (exact) mass is 466 g/mol. The molecule has 6 heteroatoms. The van der Waals surface area contributed by atoms with Gasteiger partial charge in [0.05, 0.1) is 6.54 Å². The van der Waals surface area contributed by atoms with Gasteiger partial charge in [0.25, 0.3) is 5.91 Å². The van der Waals surface area contributed by atoms with Gasteiger partial charge in [0.15, 0.2) is 0 Å². The molecule has 1 spiro atoms. The second-order valence-electron chi connectivity index (χ2n) is 9.72. The SMILES string of the molecule is CCN1C(=O)N(Cc2cccc3ccccc23)C(=O)C12CCN(Cc1c[nH]c3ccccc13)CC2. The van der Waals surface area contributed by atoms with Crippen LogP contribution in [0.4, 0.5) is 4.79 Å². The molecule has 6 rings (SSSR count). The van der Waals surface area contributed by atoms with Gasteiger partial charge >= 0.3 is 6.03 Å². The number of benzene rings is 3. The third-order valence-electron chi connectivity index (χ3n) is 7.90. The number of para-hydroxylation sites is 1. The van der Waals surface area contributed by atoms with E-state index in [1.165, 1.54) is 15.8 Å². The van der Waals surface area contributed by atoms with E-state index in [1.54, 1.807) is 0 Å². The Morgan fingerprint density at radius 3 is 2.34 bits per heavy atom. The molecule has 3 amide bonds. The lowest BCUT2D eigenvalue weighted by Crippen LogP contribution is -2.56. The minimum absolute atomic E-state index is 0.0379. The molecule has 1 aromatic heterocycles. The Hall–Kier alpha value is -3.64. The van der Waals surface area contributed by atoms with Crippen LogP contribution < -0.4 is 0 Å². The molecular formula is C29H30N4O2. The molecule has 3 aromatic carbocycles. The quantitative estimate of drug-likeness (QED) is 0.414. The summed E-state index contributed by atoms with van der Waals surface area (Å²) in [6.07, 6.45) is 3.42. The van der Waals surface area contributed by atoms with Crippen molar-refractivity contribution in [3.63, 3.8) is 0 Å². The van der Waals surface area contributed by atoms with Crippen molar-refractivity contribution in [1.29, 1.82) is 0 Å². The van der Waals surface area contributed by atoms with Gasteiger partial charge in [0.2, 0.25) is 0 Å². The molecule has 3 heterocycles. The summed E-state index contributed by atoms with van der Waals surface area (Å²) in [7, 11) is 0. The molecule has 35 heavy (non-hydrogen) atoms. The van der Waals surface area contributed by atoms with Gasteiger partial charge in [-0.1, -0.05) is 60.7 Å². The van der Waals surface area contributed by atoms with E-state index in [2.05, 4.69) is 52.5 Å². The van der Waals surface area contributed by atoms with Crippen LogP contribution >= 0.6 is 0 Å². The number of likely N-dealkylation sites (N-methyl/N-ethyl adjacent to an activating group) is 1. The smallest absolute Gasteiger partial charge is 0.327 e. The molecule has 2 aliphatic rings. The Morgan fingerprint density at radius 1 is 0.829 bits per heavy atom. The second kappa shape index (κ2) is 8.54. The maximum Gasteiger partial charge on any atom is 0.327 e. The van der Waals surface area contributed by atoms with E-state index in [1.807, 2.05) is 42.2 Å². The van der Waals surface area contributed by atoms with Gasteiger partial charge in [0, 0.05) is 43.3 Å². The molecule has 0 aliphatic carbocycles. The predicted molar refractivity (Wildman–Crippen MR) is 138 cm³/mol. The highest BCUT2D eigenvalue weighted by Crippen LogP contribution is 2.38. The van der Waals surface area contributed by atoms with Crippen LogP contribution in [0.1, 0.15) is 30.9 Å². The number of nitrogens with one attached hydrogen (secondary N) is 1. The highest BCUT2D eigenvalue weighted by molar-refractivity contribution is 6.07. The Morgan fingerprint density at radius 2 is 1.54 bits per heavy atom. The van der Waals surface area contributed by atoms with Crippen LogP contribution in [0.25, 0.3) is 21.7 Å². The predicted octanol–water partition coefficient (Wildman–Crippen LogP) is 5.14. The van der Waals surface area contributed by atoms with Crippen molar-refractivity contribution >= 4 is 33.6 Å². The van der Waals surface area contributed by atoms with Crippen LogP contribution in [0.5, 0.6) is 0 Å². The first kappa shape index (κ1) is 21.9. The summed E-state index contributed by atoms with van der Waals surface area (Å²) in [5, 5.41) is 3.46. The van der Waals surface area contributed by atoms with Gasteiger partial charge in [-0.05, 0) is 47.7 Å². The van der Waals surface area contributed by atoms with Crippen LogP contribution in [0, 0.1) is 0 Å². The summed E-state index contributed by atoms with van der Waals surface area (Å²) < 4.78 is 0. The number of aromatic amines is 1. The fraction of sp³-hybridized carbons (Fsp3) is 0.310. The molecule has 4 aromatic rings. The van der Waals surface area contributed by atoms with Crippen LogP contribution in [0.3, 0.4) is 0 Å². The highest BCUT2D eigenvalue weighted by atomic mass is 16.2. The Kier molecular flexibility index (Phi) is 5.33. The molecule has 2 fully saturated rings. The molecule has 6 nitrogen and oxygen atoms in total. The first-order chi connectivity index (χ1) is 17.1. The number of rotatable bonds is 5. The lowest BCUT2D eigenvalue weighted by atomic mass is 9.85. The number of amides is 3. The average Bonchev–Trinajstić information content (AvgIpc) is 3.38. The van der Waals surface area contributed by atoms with E-state index in [4.69, 9.17) is 0 Å². The summed E-state index contributed by atoms with van der Waals surface area (Å²) in [5.41, 5.74) is 2.70. The molecule has 0 atom stereocenters. The topological polar surface area (TPSA) is 59.7 Å². The second-order valence-corrected chi connectivity index (χ2v) is 9.72. The molecule has 0 radical (unpaired) electrons. The maximum absolute atomic E-state index is 13.8. The zero-order valence-electron chi connectivity index (χ0n) is 20.0. The van der Waals surface area contributed by atoms with Crippen LogP contribution in [0.15, 0.2) is 72.9 Å². The number of piperidine rings is 1. The third kappa shape index (κ3) is 3.51. The molecule has 178 valence electrons. The van der Waals surface area contributed by atoms with Crippen LogP contribution in [-0.2, 0) is 17.9 Å². The third-order valence-corrected chi connectivity index (χ3v) is 7.90. The van der Waals surface area contributed by atoms with Crippen LogP contribution in [-0.4, -0.2) is 56.8 Å². The number of H-pyrrole nitrogens is 1. The van der Waals surface area contributed by atoms with Crippen molar-refractivity contribution in [3.05, 3.63) is 84.1 Å². The number of fused-ring (bicyclic) bond motifs is 2. The summed E-state index contributed by atoms with van der Waals surface area (Å²) in [6.45, 7) is 5.25. The molecule has 2 aliphatic heterocycles. The van der Waals surface area contributed by atoms with E-state index in [9.17, 15) is 9.59 Å². The van der Waals surface area contributed by atoms with Crippen molar-refractivity contribution in [2.75, 3.05) is 19.6 Å². The minimum Gasteiger partial charge on any atom is -0.361 e. The lowest BCUT2D eigenvalue weighted by molar-refractivity contribution is -0.136. The lowest BCUT2D eigenvalue weighted by Gasteiger charge is -2.41. The number of hydrogen-bond acceptors (Lipinski definition) is 3. The Labute approximate surface area is 205 Å². The highest BCUT2D eigenvalue weighted by Gasteiger charge is 2.57. The minimum atomic E-state index is -0.729. The van der Waals surface area contributed by atoms with Crippen molar-refractivity contribution in [2.24, 2.45) is 0 Å². The zero-order chi connectivity index (χ0) is 24.0. The largest absolute Gasteiger partial charge is 0.361 e. The van der Waals surface area contributed by atoms with Crippen molar-refractivity contribution < 1.29 is 9.59 Å². The van der Waals surface area contributed by atoms with Gasteiger partial charge in [-0.25, -0.2) is 4.79 Å². The fourth-order valence-corrected chi connectivity index (χ4v) is 6.03. The summed E-state index contributed by atoms with van der Waals surface area (Å²) in [5.74, 6) is -0.0379. The average molecular weight is 467 g/mol.